The van der Waals surface area contributed by atoms with Crippen molar-refractivity contribution in [3.63, 3.8) is 0 Å². The fourth-order valence-corrected chi connectivity index (χ4v) is 3.44. The van der Waals surface area contributed by atoms with E-state index in [0.29, 0.717) is 17.3 Å². The third-order valence-electron chi connectivity index (χ3n) is 4.19. The number of benzene rings is 2. The van der Waals surface area contributed by atoms with E-state index < -0.39 is 0 Å². The molecule has 0 spiro atoms. The first-order valence-electron chi connectivity index (χ1n) is 8.64. The number of nitrogens with zero attached hydrogens (tertiary/aromatic N) is 2. The molecule has 1 heterocycles. The summed E-state index contributed by atoms with van der Waals surface area (Å²) in [5.74, 6) is 0.677. The Kier molecular flexibility index (Phi) is 6.14. The zero-order valence-corrected chi connectivity index (χ0v) is 17.1. The Morgan fingerprint density at radius 1 is 1.22 bits per heavy atom. The summed E-state index contributed by atoms with van der Waals surface area (Å²) in [6.07, 6.45) is 0. The molecule has 3 rings (SSSR count). The first kappa shape index (κ1) is 19.4. The first-order chi connectivity index (χ1) is 12.9. The smallest absolute Gasteiger partial charge is 0.273 e. The number of aromatic nitrogens is 1. The topological polar surface area (TPSA) is 42.4 Å². The highest BCUT2D eigenvalue weighted by Gasteiger charge is 2.18. The van der Waals surface area contributed by atoms with Crippen molar-refractivity contribution in [2.75, 3.05) is 7.05 Å². The summed E-state index contributed by atoms with van der Waals surface area (Å²) in [5, 5.41) is 3.29. The van der Waals surface area contributed by atoms with Gasteiger partial charge < -0.3 is 9.64 Å². The molecule has 3 aromatic rings. The van der Waals surface area contributed by atoms with Crippen LogP contribution < -0.4 is 4.74 Å². The normalized spacial score (nSPS) is 10.9. The first-order valence-corrected chi connectivity index (χ1v) is 9.90. The molecule has 0 atom stereocenters. The summed E-state index contributed by atoms with van der Waals surface area (Å²) < 4.78 is 5.88. The van der Waals surface area contributed by atoms with Gasteiger partial charge in [-0.15, -0.1) is 11.3 Å². The molecule has 0 bridgehead atoms. The van der Waals surface area contributed by atoms with Crippen LogP contribution in [0.25, 0.3) is 10.6 Å². The van der Waals surface area contributed by atoms with Gasteiger partial charge in [0.1, 0.15) is 23.1 Å². The van der Waals surface area contributed by atoms with Crippen LogP contribution in [0.15, 0.2) is 53.9 Å². The molecule has 0 aliphatic rings. The van der Waals surface area contributed by atoms with E-state index in [2.05, 4.69) is 4.98 Å². The quantitative estimate of drug-likeness (QED) is 0.546. The lowest BCUT2D eigenvalue weighted by atomic mass is 10.2. The SMILES string of the molecule is CC(C)N(C)C(=O)c1csc(-c2cccc(OCc3cccc(Cl)c3)c2)n1. The summed E-state index contributed by atoms with van der Waals surface area (Å²) in [5.41, 5.74) is 2.40. The van der Waals surface area contributed by atoms with Crippen LogP contribution in [0.4, 0.5) is 0 Å². The number of thiazole rings is 1. The van der Waals surface area contributed by atoms with Crippen LogP contribution in [0, 0.1) is 0 Å². The summed E-state index contributed by atoms with van der Waals surface area (Å²) >= 11 is 7.46. The molecule has 0 aliphatic heterocycles. The molecular weight excluding hydrogens is 380 g/mol. The highest BCUT2D eigenvalue weighted by Crippen LogP contribution is 2.28. The van der Waals surface area contributed by atoms with Crippen molar-refractivity contribution >= 4 is 28.8 Å². The third kappa shape index (κ3) is 4.87. The van der Waals surface area contributed by atoms with Crippen molar-refractivity contribution in [2.45, 2.75) is 26.5 Å². The van der Waals surface area contributed by atoms with Crippen LogP contribution >= 0.6 is 22.9 Å². The molecule has 2 aromatic carbocycles. The summed E-state index contributed by atoms with van der Waals surface area (Å²) in [7, 11) is 1.79. The van der Waals surface area contributed by atoms with Crippen molar-refractivity contribution in [1.29, 1.82) is 0 Å². The molecule has 0 saturated heterocycles. The molecule has 6 heteroatoms. The highest BCUT2D eigenvalue weighted by atomic mass is 35.5. The summed E-state index contributed by atoms with van der Waals surface area (Å²) in [4.78, 5) is 18.6. The van der Waals surface area contributed by atoms with E-state index in [9.17, 15) is 4.79 Å². The number of halogens is 1. The van der Waals surface area contributed by atoms with Gasteiger partial charge in [0.05, 0.1) is 0 Å². The lowest BCUT2D eigenvalue weighted by Gasteiger charge is -2.19. The van der Waals surface area contributed by atoms with Crippen LogP contribution in [0.3, 0.4) is 0 Å². The Morgan fingerprint density at radius 2 is 2.00 bits per heavy atom. The zero-order chi connectivity index (χ0) is 19.4. The van der Waals surface area contributed by atoms with Gasteiger partial charge in [0.15, 0.2) is 0 Å². The van der Waals surface area contributed by atoms with Crippen molar-refractivity contribution < 1.29 is 9.53 Å². The van der Waals surface area contributed by atoms with Crippen molar-refractivity contribution in [1.82, 2.24) is 9.88 Å². The average Bonchev–Trinajstić information content (AvgIpc) is 3.15. The van der Waals surface area contributed by atoms with Gasteiger partial charge in [0.2, 0.25) is 0 Å². The van der Waals surface area contributed by atoms with Crippen LogP contribution in [0.1, 0.15) is 29.9 Å². The van der Waals surface area contributed by atoms with Crippen LogP contribution in [-0.4, -0.2) is 28.9 Å². The number of hydrogen-bond acceptors (Lipinski definition) is 4. The van der Waals surface area contributed by atoms with E-state index in [1.54, 1.807) is 17.3 Å². The Morgan fingerprint density at radius 3 is 2.74 bits per heavy atom. The molecule has 1 amide bonds. The number of ether oxygens (including phenoxy) is 1. The molecule has 0 saturated carbocycles. The fraction of sp³-hybridized carbons (Fsp3) is 0.238. The Labute approximate surface area is 168 Å². The standard InChI is InChI=1S/C21H21ClN2O2S/c1-14(2)24(3)21(25)19-13-27-20(23-19)16-7-5-9-18(11-16)26-12-15-6-4-8-17(22)10-15/h4-11,13-14H,12H2,1-3H3. The molecule has 4 nitrogen and oxygen atoms in total. The van der Waals surface area contributed by atoms with Crippen LogP contribution in [-0.2, 0) is 6.61 Å². The van der Waals surface area contributed by atoms with Crippen LogP contribution in [0.2, 0.25) is 5.02 Å². The minimum absolute atomic E-state index is 0.0686. The molecule has 0 radical (unpaired) electrons. The molecule has 0 aliphatic carbocycles. The van der Waals surface area contributed by atoms with E-state index in [1.165, 1.54) is 11.3 Å². The highest BCUT2D eigenvalue weighted by molar-refractivity contribution is 7.13. The lowest BCUT2D eigenvalue weighted by Crippen LogP contribution is -2.33. The second-order valence-corrected chi connectivity index (χ2v) is 7.79. The largest absolute Gasteiger partial charge is 0.489 e. The molecule has 140 valence electrons. The molecule has 0 N–H and O–H groups in total. The lowest BCUT2D eigenvalue weighted by molar-refractivity contribution is 0.0750. The maximum Gasteiger partial charge on any atom is 0.273 e. The van der Waals surface area contributed by atoms with Gasteiger partial charge >= 0.3 is 0 Å². The van der Waals surface area contributed by atoms with Gasteiger partial charge in [0, 0.05) is 29.1 Å². The van der Waals surface area contributed by atoms with Gasteiger partial charge in [-0.25, -0.2) is 4.98 Å². The van der Waals surface area contributed by atoms with Gasteiger partial charge in [-0.3, -0.25) is 4.79 Å². The maximum absolute atomic E-state index is 12.4. The Bertz CT molecular complexity index is 939. The van der Waals surface area contributed by atoms with Crippen molar-refractivity contribution in [2.24, 2.45) is 0 Å². The summed E-state index contributed by atoms with van der Waals surface area (Å²) in [6.45, 7) is 4.39. The van der Waals surface area contributed by atoms with E-state index >= 15 is 0 Å². The Hall–Kier alpha value is -2.37. The molecule has 0 fully saturated rings. The molecular formula is C21H21ClN2O2S. The molecule has 1 aromatic heterocycles. The average molecular weight is 401 g/mol. The van der Waals surface area contributed by atoms with Gasteiger partial charge in [-0.2, -0.15) is 0 Å². The zero-order valence-electron chi connectivity index (χ0n) is 15.5. The van der Waals surface area contributed by atoms with Gasteiger partial charge in [-0.1, -0.05) is 35.9 Å². The number of amides is 1. The van der Waals surface area contributed by atoms with E-state index in [1.807, 2.05) is 62.4 Å². The van der Waals surface area contributed by atoms with Crippen LogP contribution in [0.5, 0.6) is 5.75 Å². The minimum atomic E-state index is -0.0686. The van der Waals surface area contributed by atoms with E-state index in [0.717, 1.165) is 21.9 Å². The Balaban J connectivity index is 1.73. The van der Waals surface area contributed by atoms with E-state index in [4.69, 9.17) is 16.3 Å². The minimum Gasteiger partial charge on any atom is -0.489 e. The van der Waals surface area contributed by atoms with Crippen molar-refractivity contribution in [3.8, 4) is 16.3 Å². The fourth-order valence-electron chi connectivity index (χ4n) is 2.43. The van der Waals surface area contributed by atoms with Crippen molar-refractivity contribution in [3.05, 3.63) is 70.2 Å². The van der Waals surface area contributed by atoms with Gasteiger partial charge in [0.25, 0.3) is 5.91 Å². The maximum atomic E-state index is 12.4. The van der Waals surface area contributed by atoms with Gasteiger partial charge in [-0.05, 0) is 43.7 Å². The number of carbonyl (C=O) groups is 1. The molecule has 27 heavy (non-hydrogen) atoms. The molecule has 0 unspecified atom stereocenters. The second kappa shape index (κ2) is 8.55. The monoisotopic (exact) mass is 400 g/mol. The second-order valence-electron chi connectivity index (χ2n) is 6.49. The summed E-state index contributed by atoms with van der Waals surface area (Å²) in [6, 6.07) is 15.4. The predicted molar refractivity (Wildman–Crippen MR) is 111 cm³/mol. The number of rotatable bonds is 6. The predicted octanol–water partition coefficient (Wildman–Crippen LogP) is 5.52. The van der Waals surface area contributed by atoms with E-state index in [-0.39, 0.29) is 11.9 Å². The number of carbonyl (C=O) groups excluding carboxylic acids is 1. The third-order valence-corrected chi connectivity index (χ3v) is 5.32. The number of hydrogen-bond donors (Lipinski definition) is 0.